The molecule has 0 amide bonds. The van der Waals surface area contributed by atoms with Crippen LogP contribution < -0.4 is 10.6 Å². The van der Waals surface area contributed by atoms with Crippen molar-refractivity contribution in [3.63, 3.8) is 0 Å². The average Bonchev–Trinajstić information content (AvgIpc) is 2.57. The Balaban J connectivity index is 1.71. The van der Waals surface area contributed by atoms with E-state index in [1.807, 2.05) is 12.1 Å². The zero-order valence-electron chi connectivity index (χ0n) is 13.3. The molecule has 0 aromatic carbocycles. The maximum atomic E-state index is 10.8. The van der Waals surface area contributed by atoms with Crippen LogP contribution in [0.3, 0.4) is 0 Å². The maximum absolute atomic E-state index is 10.8. The third kappa shape index (κ3) is 3.86. The van der Waals surface area contributed by atoms with Crippen molar-refractivity contribution in [1.82, 2.24) is 10.3 Å². The standard InChI is InChI=1S/C18H27N3O/c22-13-16-7-8-17(20-12-16)21-18(9-4-10-19-14-18)11-15-5-2-1-3-6-15/h7-8,12-13,15,19H,1-6,9-11,14H2,(H,20,21)/t18-/m1/s1. The Hall–Kier alpha value is -1.42. The lowest BCUT2D eigenvalue weighted by Gasteiger charge is -2.42. The van der Waals surface area contributed by atoms with Gasteiger partial charge in [0.1, 0.15) is 5.82 Å². The first-order valence-corrected chi connectivity index (χ1v) is 8.70. The van der Waals surface area contributed by atoms with Gasteiger partial charge in [-0.2, -0.15) is 0 Å². The van der Waals surface area contributed by atoms with Gasteiger partial charge in [0.25, 0.3) is 0 Å². The van der Waals surface area contributed by atoms with Crippen molar-refractivity contribution >= 4 is 12.1 Å². The van der Waals surface area contributed by atoms with Crippen molar-refractivity contribution in [2.75, 3.05) is 18.4 Å². The number of carbonyl (C=O) groups excluding carboxylic acids is 1. The van der Waals surface area contributed by atoms with Gasteiger partial charge in [-0.25, -0.2) is 4.98 Å². The van der Waals surface area contributed by atoms with Gasteiger partial charge in [-0.1, -0.05) is 32.1 Å². The number of hydrogen-bond acceptors (Lipinski definition) is 4. The molecule has 0 bridgehead atoms. The SMILES string of the molecule is O=Cc1ccc(N[C@@]2(CC3CCCCC3)CCCNC2)nc1. The highest BCUT2D eigenvalue weighted by Crippen LogP contribution is 2.35. The molecule has 1 aromatic rings. The highest BCUT2D eigenvalue weighted by molar-refractivity contribution is 5.74. The Morgan fingerprint density at radius 2 is 2.14 bits per heavy atom. The van der Waals surface area contributed by atoms with Crippen LogP contribution in [0.15, 0.2) is 18.3 Å². The minimum atomic E-state index is 0.121. The molecule has 22 heavy (non-hydrogen) atoms. The Labute approximate surface area is 133 Å². The second-order valence-electron chi connectivity index (χ2n) is 6.99. The Morgan fingerprint density at radius 1 is 1.27 bits per heavy atom. The first-order valence-electron chi connectivity index (χ1n) is 8.70. The van der Waals surface area contributed by atoms with Crippen LogP contribution >= 0.6 is 0 Å². The smallest absolute Gasteiger partial charge is 0.151 e. The molecule has 2 fully saturated rings. The van der Waals surface area contributed by atoms with Gasteiger partial charge in [0.15, 0.2) is 6.29 Å². The van der Waals surface area contributed by atoms with Gasteiger partial charge < -0.3 is 10.6 Å². The minimum absolute atomic E-state index is 0.121. The van der Waals surface area contributed by atoms with Crippen LogP contribution in [0.2, 0.25) is 0 Å². The fourth-order valence-electron chi connectivity index (χ4n) is 4.06. The van der Waals surface area contributed by atoms with Gasteiger partial charge in [-0.05, 0) is 43.9 Å². The summed E-state index contributed by atoms with van der Waals surface area (Å²) < 4.78 is 0. The van der Waals surface area contributed by atoms with E-state index in [0.29, 0.717) is 5.56 Å². The van der Waals surface area contributed by atoms with E-state index in [1.54, 1.807) is 6.20 Å². The molecule has 1 saturated carbocycles. The molecule has 1 aliphatic carbocycles. The highest BCUT2D eigenvalue weighted by Gasteiger charge is 2.35. The summed E-state index contributed by atoms with van der Waals surface area (Å²) in [6.45, 7) is 2.13. The summed E-state index contributed by atoms with van der Waals surface area (Å²) in [5, 5.41) is 7.27. The van der Waals surface area contributed by atoms with Crippen LogP contribution in [0.5, 0.6) is 0 Å². The van der Waals surface area contributed by atoms with Crippen molar-refractivity contribution < 1.29 is 4.79 Å². The second kappa shape index (κ2) is 7.23. The fourth-order valence-corrected chi connectivity index (χ4v) is 4.06. The highest BCUT2D eigenvalue weighted by atomic mass is 16.1. The van der Waals surface area contributed by atoms with Crippen molar-refractivity contribution in [1.29, 1.82) is 0 Å². The number of rotatable bonds is 5. The Bertz CT molecular complexity index is 474. The number of nitrogens with one attached hydrogen (secondary N) is 2. The lowest BCUT2D eigenvalue weighted by atomic mass is 9.76. The molecule has 1 aliphatic heterocycles. The van der Waals surface area contributed by atoms with Gasteiger partial charge in [0.2, 0.25) is 0 Å². The van der Waals surface area contributed by atoms with E-state index in [1.165, 1.54) is 51.4 Å². The third-order valence-electron chi connectivity index (χ3n) is 5.19. The molecule has 2 aliphatic rings. The predicted octanol–water partition coefficient (Wildman–Crippen LogP) is 3.40. The van der Waals surface area contributed by atoms with Gasteiger partial charge in [0, 0.05) is 18.3 Å². The zero-order chi connectivity index (χ0) is 15.3. The van der Waals surface area contributed by atoms with Crippen molar-refractivity contribution in [3.8, 4) is 0 Å². The number of anilines is 1. The first-order chi connectivity index (χ1) is 10.8. The Morgan fingerprint density at radius 3 is 2.77 bits per heavy atom. The molecule has 0 unspecified atom stereocenters. The van der Waals surface area contributed by atoms with E-state index in [0.717, 1.165) is 31.1 Å². The maximum Gasteiger partial charge on any atom is 0.151 e. The van der Waals surface area contributed by atoms with Crippen LogP contribution in [0.4, 0.5) is 5.82 Å². The monoisotopic (exact) mass is 301 g/mol. The van der Waals surface area contributed by atoms with E-state index in [2.05, 4.69) is 15.6 Å². The minimum Gasteiger partial charge on any atom is -0.363 e. The fraction of sp³-hybridized carbons (Fsp3) is 0.667. The zero-order valence-corrected chi connectivity index (χ0v) is 13.3. The summed E-state index contributed by atoms with van der Waals surface area (Å²) in [6.07, 6.45) is 13.1. The van der Waals surface area contributed by atoms with E-state index in [4.69, 9.17) is 0 Å². The van der Waals surface area contributed by atoms with Gasteiger partial charge >= 0.3 is 0 Å². The molecule has 1 aromatic heterocycles. The summed E-state index contributed by atoms with van der Waals surface area (Å²) in [5.41, 5.74) is 0.754. The van der Waals surface area contributed by atoms with Gasteiger partial charge in [-0.15, -0.1) is 0 Å². The summed E-state index contributed by atoms with van der Waals surface area (Å²) in [4.78, 5) is 15.2. The quantitative estimate of drug-likeness (QED) is 0.819. The lowest BCUT2D eigenvalue weighted by molar-refractivity contribution is 0.112. The van der Waals surface area contributed by atoms with E-state index < -0.39 is 0 Å². The number of hydrogen-bond donors (Lipinski definition) is 2. The molecule has 2 heterocycles. The van der Waals surface area contributed by atoms with Crippen molar-refractivity contribution in [3.05, 3.63) is 23.9 Å². The predicted molar refractivity (Wildman–Crippen MR) is 89.3 cm³/mol. The molecule has 1 saturated heterocycles. The van der Waals surface area contributed by atoms with E-state index in [-0.39, 0.29) is 5.54 Å². The number of piperidine rings is 1. The topological polar surface area (TPSA) is 54.0 Å². The molecule has 4 nitrogen and oxygen atoms in total. The average molecular weight is 301 g/mol. The van der Waals surface area contributed by atoms with E-state index in [9.17, 15) is 4.79 Å². The van der Waals surface area contributed by atoms with Crippen LogP contribution in [0, 0.1) is 5.92 Å². The first kappa shape index (κ1) is 15.5. The molecule has 3 rings (SSSR count). The summed E-state index contributed by atoms with van der Waals surface area (Å²) in [5.74, 6) is 1.74. The number of aldehydes is 1. The van der Waals surface area contributed by atoms with Crippen LogP contribution in [-0.2, 0) is 0 Å². The van der Waals surface area contributed by atoms with Crippen LogP contribution in [0.25, 0.3) is 0 Å². The molecule has 4 heteroatoms. The number of carbonyl (C=O) groups is 1. The molecular weight excluding hydrogens is 274 g/mol. The number of aromatic nitrogens is 1. The second-order valence-corrected chi connectivity index (χ2v) is 6.99. The molecule has 1 atom stereocenters. The molecular formula is C18H27N3O. The lowest BCUT2D eigenvalue weighted by Crippen LogP contribution is -2.52. The third-order valence-corrected chi connectivity index (χ3v) is 5.19. The van der Waals surface area contributed by atoms with Gasteiger partial charge in [0.05, 0.1) is 5.54 Å². The molecule has 2 N–H and O–H groups in total. The summed E-state index contributed by atoms with van der Waals surface area (Å²) >= 11 is 0. The molecule has 0 radical (unpaired) electrons. The Kier molecular flexibility index (Phi) is 5.08. The number of nitrogens with zero attached hydrogens (tertiary/aromatic N) is 1. The summed E-state index contributed by atoms with van der Waals surface area (Å²) in [7, 11) is 0. The largest absolute Gasteiger partial charge is 0.363 e. The number of pyridine rings is 1. The molecule has 120 valence electrons. The molecule has 0 spiro atoms. The summed E-state index contributed by atoms with van der Waals surface area (Å²) in [6, 6.07) is 3.77. The van der Waals surface area contributed by atoms with Gasteiger partial charge in [-0.3, -0.25) is 4.79 Å². The van der Waals surface area contributed by atoms with E-state index >= 15 is 0 Å². The van der Waals surface area contributed by atoms with Crippen LogP contribution in [0.1, 0.15) is 61.7 Å². The van der Waals surface area contributed by atoms with Crippen molar-refractivity contribution in [2.24, 2.45) is 5.92 Å². The van der Waals surface area contributed by atoms with Crippen LogP contribution in [-0.4, -0.2) is 29.9 Å². The normalized spacial score (nSPS) is 26.5. The van der Waals surface area contributed by atoms with Crippen molar-refractivity contribution in [2.45, 2.75) is 56.9 Å².